The van der Waals surface area contributed by atoms with E-state index in [1.54, 1.807) is 0 Å². The Morgan fingerprint density at radius 3 is 2.89 bits per heavy atom. The van der Waals surface area contributed by atoms with Gasteiger partial charge in [-0.25, -0.2) is 0 Å². The van der Waals surface area contributed by atoms with E-state index in [-0.39, 0.29) is 6.04 Å². The van der Waals surface area contributed by atoms with E-state index < -0.39 is 0 Å². The van der Waals surface area contributed by atoms with E-state index in [0.29, 0.717) is 0 Å². The number of aryl methyl sites for hydroxylation is 3. The van der Waals surface area contributed by atoms with E-state index in [2.05, 4.69) is 30.1 Å². The maximum absolute atomic E-state index is 6.35. The summed E-state index contributed by atoms with van der Waals surface area (Å²) in [5, 5.41) is 0. The summed E-state index contributed by atoms with van der Waals surface area (Å²) in [7, 11) is 0. The van der Waals surface area contributed by atoms with E-state index in [4.69, 9.17) is 5.73 Å². The number of hydrogen-bond acceptors (Lipinski definition) is 2. The summed E-state index contributed by atoms with van der Waals surface area (Å²) < 4.78 is 0. The fraction of sp³-hybridized carbons (Fsp3) is 0.353. The van der Waals surface area contributed by atoms with Gasteiger partial charge < -0.3 is 5.73 Å². The standard InChI is InChI=1S/C17H20N2/c1-12-11-19-8-7-16(12)17(18)10-13-5-6-14-3-2-4-15(14)9-13/h5-9,11,17H,2-4,10,18H2,1H3. The van der Waals surface area contributed by atoms with Crippen molar-refractivity contribution in [2.45, 2.75) is 38.6 Å². The summed E-state index contributed by atoms with van der Waals surface area (Å²) >= 11 is 0. The highest BCUT2D eigenvalue weighted by molar-refractivity contribution is 5.36. The van der Waals surface area contributed by atoms with Crippen LogP contribution in [0.1, 0.15) is 40.3 Å². The van der Waals surface area contributed by atoms with Gasteiger partial charge in [-0.05, 0) is 66.5 Å². The lowest BCUT2D eigenvalue weighted by Gasteiger charge is -2.15. The molecule has 0 bridgehead atoms. The number of aromatic nitrogens is 1. The third-order valence-corrected chi connectivity index (χ3v) is 4.08. The Morgan fingerprint density at radius 1 is 1.21 bits per heavy atom. The van der Waals surface area contributed by atoms with Crippen LogP contribution in [0.25, 0.3) is 0 Å². The predicted molar refractivity (Wildman–Crippen MR) is 78.1 cm³/mol. The smallest absolute Gasteiger partial charge is 0.0339 e. The minimum Gasteiger partial charge on any atom is -0.324 e. The lowest BCUT2D eigenvalue weighted by Crippen LogP contribution is -2.15. The second kappa shape index (κ2) is 5.14. The van der Waals surface area contributed by atoms with Gasteiger partial charge in [0, 0.05) is 18.4 Å². The van der Waals surface area contributed by atoms with Gasteiger partial charge in [-0.15, -0.1) is 0 Å². The molecule has 1 atom stereocenters. The largest absolute Gasteiger partial charge is 0.324 e. The van der Waals surface area contributed by atoms with Crippen molar-refractivity contribution in [1.29, 1.82) is 0 Å². The Labute approximate surface area is 114 Å². The second-order valence-corrected chi connectivity index (χ2v) is 5.50. The van der Waals surface area contributed by atoms with E-state index in [1.807, 2.05) is 18.5 Å². The maximum Gasteiger partial charge on any atom is 0.0339 e. The molecule has 1 aliphatic rings. The van der Waals surface area contributed by atoms with Crippen molar-refractivity contribution in [3.05, 3.63) is 64.5 Å². The first-order valence-corrected chi connectivity index (χ1v) is 7.01. The van der Waals surface area contributed by atoms with Gasteiger partial charge in [0.2, 0.25) is 0 Å². The zero-order valence-corrected chi connectivity index (χ0v) is 11.4. The Morgan fingerprint density at radius 2 is 2.05 bits per heavy atom. The molecule has 0 fully saturated rings. The molecule has 0 amide bonds. The Hall–Kier alpha value is -1.67. The van der Waals surface area contributed by atoms with Crippen LogP contribution in [0.3, 0.4) is 0 Å². The van der Waals surface area contributed by atoms with Gasteiger partial charge >= 0.3 is 0 Å². The third-order valence-electron chi connectivity index (χ3n) is 4.08. The van der Waals surface area contributed by atoms with Crippen molar-refractivity contribution in [2.24, 2.45) is 5.73 Å². The number of fused-ring (bicyclic) bond motifs is 1. The predicted octanol–water partition coefficient (Wildman–Crippen LogP) is 3.12. The van der Waals surface area contributed by atoms with Gasteiger partial charge in [0.25, 0.3) is 0 Å². The van der Waals surface area contributed by atoms with Crippen LogP contribution in [0.4, 0.5) is 0 Å². The molecular weight excluding hydrogens is 232 g/mol. The molecule has 2 nitrogen and oxygen atoms in total. The number of pyridine rings is 1. The van der Waals surface area contributed by atoms with Crippen molar-refractivity contribution in [1.82, 2.24) is 4.98 Å². The van der Waals surface area contributed by atoms with Gasteiger partial charge in [-0.3, -0.25) is 4.98 Å². The molecule has 0 spiro atoms. The zero-order chi connectivity index (χ0) is 13.2. The van der Waals surface area contributed by atoms with Gasteiger partial charge in [0.05, 0.1) is 0 Å². The molecule has 0 saturated heterocycles. The van der Waals surface area contributed by atoms with Crippen LogP contribution in [-0.2, 0) is 19.3 Å². The van der Waals surface area contributed by atoms with Crippen LogP contribution in [0, 0.1) is 6.92 Å². The van der Waals surface area contributed by atoms with Gasteiger partial charge in [-0.2, -0.15) is 0 Å². The molecule has 1 aromatic heterocycles. The van der Waals surface area contributed by atoms with E-state index in [9.17, 15) is 0 Å². The molecule has 2 aromatic rings. The number of rotatable bonds is 3. The van der Waals surface area contributed by atoms with Crippen molar-refractivity contribution in [3.63, 3.8) is 0 Å². The average molecular weight is 252 g/mol. The molecule has 1 unspecified atom stereocenters. The molecule has 1 aliphatic carbocycles. The molecular formula is C17H20N2. The summed E-state index contributed by atoms with van der Waals surface area (Å²) in [4.78, 5) is 4.13. The van der Waals surface area contributed by atoms with Crippen molar-refractivity contribution < 1.29 is 0 Å². The van der Waals surface area contributed by atoms with Gasteiger partial charge in [-0.1, -0.05) is 18.2 Å². The zero-order valence-electron chi connectivity index (χ0n) is 11.4. The lowest BCUT2D eigenvalue weighted by molar-refractivity contribution is 0.714. The summed E-state index contributed by atoms with van der Waals surface area (Å²) in [6.07, 6.45) is 8.38. The molecule has 19 heavy (non-hydrogen) atoms. The first kappa shape index (κ1) is 12.4. The number of nitrogens with two attached hydrogens (primary N) is 1. The fourth-order valence-electron chi connectivity index (χ4n) is 3.02. The summed E-state index contributed by atoms with van der Waals surface area (Å²) in [6, 6.07) is 8.96. The monoisotopic (exact) mass is 252 g/mol. The average Bonchev–Trinajstić information content (AvgIpc) is 2.86. The van der Waals surface area contributed by atoms with Crippen molar-refractivity contribution in [3.8, 4) is 0 Å². The highest BCUT2D eigenvalue weighted by Crippen LogP contribution is 2.25. The summed E-state index contributed by atoms with van der Waals surface area (Å²) in [5.74, 6) is 0. The lowest BCUT2D eigenvalue weighted by atomic mass is 9.96. The van der Waals surface area contributed by atoms with Gasteiger partial charge in [0.1, 0.15) is 0 Å². The van der Waals surface area contributed by atoms with Crippen molar-refractivity contribution >= 4 is 0 Å². The van der Waals surface area contributed by atoms with Gasteiger partial charge in [0.15, 0.2) is 0 Å². The molecule has 2 N–H and O–H groups in total. The topological polar surface area (TPSA) is 38.9 Å². The van der Waals surface area contributed by atoms with Crippen LogP contribution < -0.4 is 5.73 Å². The Kier molecular flexibility index (Phi) is 3.34. The minimum absolute atomic E-state index is 0.0578. The molecule has 98 valence electrons. The molecule has 1 heterocycles. The number of hydrogen-bond donors (Lipinski definition) is 1. The first-order valence-electron chi connectivity index (χ1n) is 7.01. The molecule has 0 saturated carbocycles. The number of benzene rings is 1. The first-order chi connectivity index (χ1) is 9.24. The quantitative estimate of drug-likeness (QED) is 0.911. The molecule has 3 rings (SSSR count). The highest BCUT2D eigenvalue weighted by atomic mass is 14.7. The van der Waals surface area contributed by atoms with Crippen LogP contribution in [0.15, 0.2) is 36.7 Å². The number of nitrogens with zero attached hydrogens (tertiary/aromatic N) is 1. The highest BCUT2D eigenvalue weighted by Gasteiger charge is 2.13. The van der Waals surface area contributed by atoms with Crippen LogP contribution in [-0.4, -0.2) is 4.98 Å². The Balaban J connectivity index is 1.80. The normalized spacial score (nSPS) is 15.3. The maximum atomic E-state index is 6.35. The summed E-state index contributed by atoms with van der Waals surface area (Å²) in [5.41, 5.74) is 13.1. The fourth-order valence-corrected chi connectivity index (χ4v) is 3.02. The van der Waals surface area contributed by atoms with Crippen LogP contribution in [0.5, 0.6) is 0 Å². The third kappa shape index (κ3) is 2.54. The molecule has 2 heteroatoms. The van der Waals surface area contributed by atoms with E-state index in [1.165, 1.54) is 47.1 Å². The van der Waals surface area contributed by atoms with Crippen LogP contribution in [0.2, 0.25) is 0 Å². The van der Waals surface area contributed by atoms with E-state index in [0.717, 1.165) is 6.42 Å². The van der Waals surface area contributed by atoms with Crippen LogP contribution >= 0.6 is 0 Å². The Bertz CT molecular complexity index is 590. The van der Waals surface area contributed by atoms with E-state index >= 15 is 0 Å². The molecule has 0 aliphatic heterocycles. The summed E-state index contributed by atoms with van der Waals surface area (Å²) in [6.45, 7) is 2.07. The second-order valence-electron chi connectivity index (χ2n) is 5.50. The molecule has 1 aromatic carbocycles. The van der Waals surface area contributed by atoms with Crippen molar-refractivity contribution in [2.75, 3.05) is 0 Å². The minimum atomic E-state index is 0.0578. The SMILES string of the molecule is Cc1cnccc1C(N)Cc1ccc2c(c1)CCC2. The molecule has 0 radical (unpaired) electrons.